The number of nitrogens with zero attached hydrogens (tertiary/aromatic N) is 1. The first kappa shape index (κ1) is 14.3. The highest BCUT2D eigenvalue weighted by Crippen LogP contribution is 2.26. The minimum absolute atomic E-state index is 0.104. The van der Waals surface area contributed by atoms with Gasteiger partial charge in [-0.15, -0.1) is 0 Å². The van der Waals surface area contributed by atoms with Crippen molar-refractivity contribution < 1.29 is 19.4 Å². The third kappa shape index (κ3) is 3.63. The third-order valence-corrected chi connectivity index (χ3v) is 2.46. The summed E-state index contributed by atoms with van der Waals surface area (Å²) in [6, 6.07) is 5.34. The summed E-state index contributed by atoms with van der Waals surface area (Å²) in [5.74, 6) is 1.29. The first-order chi connectivity index (χ1) is 8.62. The Labute approximate surface area is 107 Å². The molecule has 0 amide bonds. The van der Waals surface area contributed by atoms with Crippen molar-refractivity contribution in [3.63, 3.8) is 0 Å². The van der Waals surface area contributed by atoms with Crippen molar-refractivity contribution in [2.45, 2.75) is 20.0 Å². The van der Waals surface area contributed by atoms with Crippen LogP contribution < -0.4 is 9.47 Å². The molecule has 0 bridgehead atoms. The second kappa shape index (κ2) is 6.86. The largest absolute Gasteiger partial charge is 0.497 e. The molecule has 5 heteroatoms. The van der Waals surface area contributed by atoms with E-state index in [1.54, 1.807) is 39.3 Å². The van der Waals surface area contributed by atoms with Gasteiger partial charge in [0.1, 0.15) is 17.6 Å². The number of methoxy groups -OCH3 is 2. The zero-order valence-corrected chi connectivity index (χ0v) is 11.1. The van der Waals surface area contributed by atoms with Crippen LogP contribution in [0.3, 0.4) is 0 Å². The molecule has 0 spiro atoms. The summed E-state index contributed by atoms with van der Waals surface area (Å²) >= 11 is 0. The van der Waals surface area contributed by atoms with Crippen LogP contribution in [0.1, 0.15) is 19.4 Å². The Morgan fingerprint density at radius 1 is 1.39 bits per heavy atom. The predicted molar refractivity (Wildman–Crippen MR) is 69.0 cm³/mol. The van der Waals surface area contributed by atoms with Gasteiger partial charge in [-0.25, -0.2) is 0 Å². The van der Waals surface area contributed by atoms with Crippen molar-refractivity contribution in [1.29, 1.82) is 0 Å². The minimum atomic E-state index is -0.104. The summed E-state index contributed by atoms with van der Waals surface area (Å²) in [4.78, 5) is 0. The Bertz CT molecular complexity index is 417. The van der Waals surface area contributed by atoms with Gasteiger partial charge in [0.15, 0.2) is 0 Å². The van der Waals surface area contributed by atoms with E-state index in [0.717, 1.165) is 5.56 Å². The number of ether oxygens (including phenoxy) is 3. The fourth-order valence-corrected chi connectivity index (χ4v) is 1.57. The van der Waals surface area contributed by atoms with Crippen molar-refractivity contribution >= 4 is 5.71 Å². The molecule has 0 heterocycles. The molecule has 100 valence electrons. The smallest absolute Gasteiger partial charge is 0.132 e. The molecule has 5 nitrogen and oxygen atoms in total. The van der Waals surface area contributed by atoms with Gasteiger partial charge in [0.2, 0.25) is 0 Å². The van der Waals surface area contributed by atoms with E-state index >= 15 is 0 Å². The maximum absolute atomic E-state index is 8.85. The van der Waals surface area contributed by atoms with Gasteiger partial charge in [0.05, 0.1) is 19.4 Å². The van der Waals surface area contributed by atoms with Crippen LogP contribution in [0, 0.1) is 0 Å². The lowest BCUT2D eigenvalue weighted by atomic mass is 10.1. The summed E-state index contributed by atoms with van der Waals surface area (Å²) in [7, 11) is 3.21. The zero-order chi connectivity index (χ0) is 13.5. The summed E-state index contributed by atoms with van der Waals surface area (Å²) in [6.45, 7) is 4.08. The molecule has 0 radical (unpaired) electrons. The molecule has 0 fully saturated rings. The molecule has 0 aromatic heterocycles. The van der Waals surface area contributed by atoms with Gasteiger partial charge in [-0.2, -0.15) is 0 Å². The van der Waals surface area contributed by atoms with Gasteiger partial charge in [0.25, 0.3) is 0 Å². The van der Waals surface area contributed by atoms with Gasteiger partial charge in [-0.3, -0.25) is 0 Å². The highest BCUT2D eigenvalue weighted by molar-refractivity contribution is 6.00. The monoisotopic (exact) mass is 253 g/mol. The topological polar surface area (TPSA) is 60.3 Å². The van der Waals surface area contributed by atoms with Gasteiger partial charge in [0, 0.05) is 18.7 Å². The van der Waals surface area contributed by atoms with E-state index in [4.69, 9.17) is 19.4 Å². The van der Waals surface area contributed by atoms with Gasteiger partial charge in [-0.1, -0.05) is 5.16 Å². The summed E-state index contributed by atoms with van der Waals surface area (Å²) in [6.07, 6.45) is -0.104. The standard InChI is InChI=1S/C13H19NO4/c1-9(8-16-3)18-13-7-11(17-4)5-6-12(13)10(2)14-15/h5-7,9,15H,8H2,1-4H3/b14-10+. The lowest BCUT2D eigenvalue weighted by molar-refractivity contribution is 0.0917. The van der Waals surface area contributed by atoms with Crippen molar-refractivity contribution in [2.75, 3.05) is 20.8 Å². The van der Waals surface area contributed by atoms with Crippen LogP contribution in [-0.2, 0) is 4.74 Å². The third-order valence-electron chi connectivity index (χ3n) is 2.46. The SMILES string of the molecule is COCC(C)Oc1cc(OC)ccc1/C(C)=N/O. The quantitative estimate of drug-likeness (QED) is 0.480. The number of rotatable bonds is 6. The number of hydrogen-bond acceptors (Lipinski definition) is 5. The second-order valence-electron chi connectivity index (χ2n) is 3.93. The Hall–Kier alpha value is -1.75. The molecular weight excluding hydrogens is 234 g/mol. The van der Waals surface area contributed by atoms with Gasteiger partial charge < -0.3 is 19.4 Å². The molecule has 0 aliphatic carbocycles. The van der Waals surface area contributed by atoms with E-state index in [0.29, 0.717) is 23.8 Å². The van der Waals surface area contributed by atoms with Crippen molar-refractivity contribution in [2.24, 2.45) is 5.16 Å². The molecule has 0 saturated carbocycles. The maximum Gasteiger partial charge on any atom is 0.132 e. The van der Waals surface area contributed by atoms with Crippen LogP contribution >= 0.6 is 0 Å². The first-order valence-corrected chi connectivity index (χ1v) is 5.65. The molecule has 0 aliphatic heterocycles. The molecule has 18 heavy (non-hydrogen) atoms. The van der Waals surface area contributed by atoms with E-state index in [-0.39, 0.29) is 6.10 Å². The molecule has 1 atom stereocenters. The van der Waals surface area contributed by atoms with E-state index in [2.05, 4.69) is 5.16 Å². The van der Waals surface area contributed by atoms with Crippen LogP contribution in [0.25, 0.3) is 0 Å². The lowest BCUT2D eigenvalue weighted by Gasteiger charge is -2.17. The second-order valence-corrected chi connectivity index (χ2v) is 3.93. The molecular formula is C13H19NO4. The first-order valence-electron chi connectivity index (χ1n) is 5.65. The van der Waals surface area contributed by atoms with Crippen LogP contribution in [0.15, 0.2) is 23.4 Å². The number of hydrogen-bond donors (Lipinski definition) is 1. The van der Waals surface area contributed by atoms with Gasteiger partial charge in [-0.05, 0) is 26.0 Å². The van der Waals surface area contributed by atoms with Crippen LogP contribution in [0.5, 0.6) is 11.5 Å². The fourth-order valence-electron chi connectivity index (χ4n) is 1.57. The van der Waals surface area contributed by atoms with Crippen LogP contribution in [-0.4, -0.2) is 37.8 Å². The molecule has 1 unspecified atom stereocenters. The van der Waals surface area contributed by atoms with Crippen molar-refractivity contribution in [3.8, 4) is 11.5 Å². The van der Waals surface area contributed by atoms with Crippen LogP contribution in [0.4, 0.5) is 0 Å². The highest BCUT2D eigenvalue weighted by atomic mass is 16.5. The molecule has 1 rings (SSSR count). The van der Waals surface area contributed by atoms with Crippen molar-refractivity contribution in [3.05, 3.63) is 23.8 Å². The Kier molecular flexibility index (Phi) is 5.45. The Balaban J connectivity index is 3.04. The van der Waals surface area contributed by atoms with E-state index in [1.165, 1.54) is 0 Å². The summed E-state index contributed by atoms with van der Waals surface area (Å²) in [5, 5.41) is 12.0. The average molecular weight is 253 g/mol. The molecule has 0 aliphatic rings. The lowest BCUT2D eigenvalue weighted by Crippen LogP contribution is -2.19. The number of benzene rings is 1. The molecule has 0 saturated heterocycles. The Morgan fingerprint density at radius 2 is 2.11 bits per heavy atom. The normalized spacial score (nSPS) is 13.2. The Morgan fingerprint density at radius 3 is 2.67 bits per heavy atom. The molecule has 1 aromatic rings. The fraction of sp³-hybridized carbons (Fsp3) is 0.462. The predicted octanol–water partition coefficient (Wildman–Crippen LogP) is 2.31. The number of oxime groups is 1. The minimum Gasteiger partial charge on any atom is -0.497 e. The van der Waals surface area contributed by atoms with E-state index < -0.39 is 0 Å². The maximum atomic E-state index is 8.85. The molecule has 1 N–H and O–H groups in total. The molecule has 1 aromatic carbocycles. The highest BCUT2D eigenvalue weighted by Gasteiger charge is 2.12. The summed E-state index contributed by atoms with van der Waals surface area (Å²) < 4.78 is 15.9. The van der Waals surface area contributed by atoms with Crippen LogP contribution in [0.2, 0.25) is 0 Å². The van der Waals surface area contributed by atoms with Crippen molar-refractivity contribution in [1.82, 2.24) is 0 Å². The van der Waals surface area contributed by atoms with E-state index in [1.807, 2.05) is 6.92 Å². The zero-order valence-electron chi connectivity index (χ0n) is 11.1. The van der Waals surface area contributed by atoms with Gasteiger partial charge >= 0.3 is 0 Å². The van der Waals surface area contributed by atoms with E-state index in [9.17, 15) is 0 Å². The summed E-state index contributed by atoms with van der Waals surface area (Å²) in [5.41, 5.74) is 1.21. The average Bonchev–Trinajstić information content (AvgIpc) is 2.38.